The Morgan fingerprint density at radius 2 is 1.96 bits per heavy atom. The summed E-state index contributed by atoms with van der Waals surface area (Å²) in [6, 6.07) is 11.4. The van der Waals surface area contributed by atoms with E-state index < -0.39 is 0 Å². The Kier molecular flexibility index (Phi) is 5.78. The zero-order valence-corrected chi connectivity index (χ0v) is 14.8. The molecule has 0 spiro atoms. The van der Waals surface area contributed by atoms with Gasteiger partial charge in [0.2, 0.25) is 0 Å². The fourth-order valence-electron chi connectivity index (χ4n) is 2.43. The second kappa shape index (κ2) is 7.62. The lowest BCUT2D eigenvalue weighted by Gasteiger charge is -2.28. The Morgan fingerprint density at radius 1 is 1.29 bits per heavy atom. The predicted octanol–water partition coefficient (Wildman–Crippen LogP) is 3.39. The van der Waals surface area contributed by atoms with Crippen LogP contribution < -0.4 is 0 Å². The minimum Gasteiger partial charge on any atom is -0.396 e. The van der Waals surface area contributed by atoms with Gasteiger partial charge in [0.15, 0.2) is 5.69 Å². The number of hydrogen-bond acceptors (Lipinski definition) is 4. The first-order valence-electron chi connectivity index (χ1n) is 8.26. The predicted molar refractivity (Wildman–Crippen MR) is 92.7 cm³/mol. The summed E-state index contributed by atoms with van der Waals surface area (Å²) < 4.78 is 5.34. The first-order valence-corrected chi connectivity index (χ1v) is 8.26. The molecular formula is C19H26N2O3. The van der Waals surface area contributed by atoms with Crippen molar-refractivity contribution in [2.45, 2.75) is 52.1 Å². The minimum atomic E-state index is -0.202. The number of rotatable bonds is 6. The van der Waals surface area contributed by atoms with Crippen molar-refractivity contribution in [3.05, 3.63) is 53.4 Å². The van der Waals surface area contributed by atoms with E-state index in [9.17, 15) is 9.90 Å². The molecule has 5 heteroatoms. The molecule has 5 nitrogen and oxygen atoms in total. The normalized spacial score (nSPS) is 12.9. The second-order valence-corrected chi connectivity index (χ2v) is 7.11. The van der Waals surface area contributed by atoms with Gasteiger partial charge in [0.1, 0.15) is 5.76 Å². The van der Waals surface area contributed by atoms with E-state index in [4.69, 9.17) is 4.52 Å². The standard InChI is InChI=1S/C19H26N2O3/c1-14(10-11-22)21(13-15-8-6-5-7-9-15)18(23)16-12-17(24-20-16)19(2,3)4/h5-9,12,14,22H,10-11,13H2,1-4H3. The first-order chi connectivity index (χ1) is 11.3. The highest BCUT2D eigenvalue weighted by Crippen LogP contribution is 2.24. The van der Waals surface area contributed by atoms with Crippen LogP contribution in [0, 0.1) is 0 Å². The molecule has 1 aromatic heterocycles. The topological polar surface area (TPSA) is 66.6 Å². The molecule has 2 rings (SSSR count). The SMILES string of the molecule is CC(CCO)N(Cc1ccccc1)C(=O)c1cc(C(C)(C)C)on1. The van der Waals surface area contributed by atoms with Crippen molar-refractivity contribution in [2.24, 2.45) is 0 Å². The van der Waals surface area contributed by atoms with E-state index in [1.54, 1.807) is 11.0 Å². The van der Waals surface area contributed by atoms with Crippen LogP contribution in [-0.4, -0.2) is 33.7 Å². The molecule has 0 aliphatic carbocycles. The van der Waals surface area contributed by atoms with Crippen LogP contribution in [0.15, 0.2) is 40.9 Å². The number of amides is 1. The second-order valence-electron chi connectivity index (χ2n) is 7.11. The summed E-state index contributed by atoms with van der Waals surface area (Å²) in [4.78, 5) is 14.7. The van der Waals surface area contributed by atoms with Crippen molar-refractivity contribution in [1.29, 1.82) is 0 Å². The quantitative estimate of drug-likeness (QED) is 0.881. The number of nitrogens with zero attached hydrogens (tertiary/aromatic N) is 2. The summed E-state index contributed by atoms with van der Waals surface area (Å²) in [7, 11) is 0. The molecule has 0 saturated heterocycles. The van der Waals surface area contributed by atoms with Crippen molar-refractivity contribution in [3.63, 3.8) is 0 Å². The minimum absolute atomic E-state index is 0.0335. The van der Waals surface area contributed by atoms with Gasteiger partial charge in [-0.3, -0.25) is 4.79 Å². The lowest BCUT2D eigenvalue weighted by atomic mass is 9.93. The molecular weight excluding hydrogens is 304 g/mol. The molecule has 0 aliphatic rings. The van der Waals surface area contributed by atoms with Gasteiger partial charge in [-0.1, -0.05) is 56.3 Å². The Bertz CT molecular complexity index is 659. The molecule has 2 aromatic rings. The molecule has 130 valence electrons. The highest BCUT2D eigenvalue weighted by atomic mass is 16.5. The molecule has 1 heterocycles. The molecule has 0 bridgehead atoms. The smallest absolute Gasteiger partial charge is 0.276 e. The summed E-state index contributed by atoms with van der Waals surface area (Å²) in [6.07, 6.45) is 0.516. The van der Waals surface area contributed by atoms with Crippen molar-refractivity contribution >= 4 is 5.91 Å². The molecule has 0 fully saturated rings. The van der Waals surface area contributed by atoms with Crippen LogP contribution in [-0.2, 0) is 12.0 Å². The Labute approximate surface area is 143 Å². The molecule has 0 saturated carbocycles. The highest BCUT2D eigenvalue weighted by Gasteiger charge is 2.27. The van der Waals surface area contributed by atoms with Gasteiger partial charge in [-0.2, -0.15) is 0 Å². The Balaban J connectivity index is 2.25. The number of carbonyl (C=O) groups excluding carboxylic acids is 1. The van der Waals surface area contributed by atoms with Crippen molar-refractivity contribution in [3.8, 4) is 0 Å². The van der Waals surface area contributed by atoms with E-state index in [0.717, 1.165) is 5.56 Å². The lowest BCUT2D eigenvalue weighted by Crippen LogP contribution is -2.38. The van der Waals surface area contributed by atoms with E-state index in [0.29, 0.717) is 24.4 Å². The third-order valence-corrected chi connectivity index (χ3v) is 4.00. The van der Waals surface area contributed by atoms with E-state index in [2.05, 4.69) is 5.16 Å². The zero-order valence-electron chi connectivity index (χ0n) is 14.8. The highest BCUT2D eigenvalue weighted by molar-refractivity contribution is 5.92. The van der Waals surface area contributed by atoms with E-state index in [1.165, 1.54) is 0 Å². The van der Waals surface area contributed by atoms with Crippen molar-refractivity contribution < 1.29 is 14.4 Å². The van der Waals surface area contributed by atoms with Crippen LogP contribution in [0.4, 0.5) is 0 Å². The maximum Gasteiger partial charge on any atom is 0.276 e. The number of carbonyl (C=O) groups is 1. The lowest BCUT2D eigenvalue weighted by molar-refractivity contribution is 0.0638. The average Bonchev–Trinajstić information content (AvgIpc) is 3.03. The van der Waals surface area contributed by atoms with Gasteiger partial charge in [-0.25, -0.2) is 0 Å². The van der Waals surface area contributed by atoms with Gasteiger partial charge in [0, 0.05) is 30.7 Å². The summed E-state index contributed by atoms with van der Waals surface area (Å²) >= 11 is 0. The van der Waals surface area contributed by atoms with E-state index in [1.807, 2.05) is 58.0 Å². The van der Waals surface area contributed by atoms with Gasteiger partial charge < -0.3 is 14.5 Å². The van der Waals surface area contributed by atoms with Crippen LogP contribution in [0.1, 0.15) is 55.9 Å². The fraction of sp³-hybridized carbons (Fsp3) is 0.474. The molecule has 1 aromatic carbocycles. The van der Waals surface area contributed by atoms with Gasteiger partial charge in [0.05, 0.1) is 0 Å². The molecule has 1 amide bonds. The van der Waals surface area contributed by atoms with Crippen LogP contribution in [0.2, 0.25) is 0 Å². The largest absolute Gasteiger partial charge is 0.396 e. The van der Waals surface area contributed by atoms with Crippen molar-refractivity contribution in [2.75, 3.05) is 6.61 Å². The van der Waals surface area contributed by atoms with Gasteiger partial charge in [-0.15, -0.1) is 0 Å². The summed E-state index contributed by atoms with van der Waals surface area (Å²) in [5.74, 6) is 0.499. The number of aliphatic hydroxyl groups is 1. The Morgan fingerprint density at radius 3 is 2.50 bits per heavy atom. The zero-order chi connectivity index (χ0) is 17.7. The third kappa shape index (κ3) is 4.45. The van der Waals surface area contributed by atoms with Crippen LogP contribution in [0.3, 0.4) is 0 Å². The van der Waals surface area contributed by atoms with Crippen molar-refractivity contribution in [1.82, 2.24) is 10.1 Å². The molecule has 0 radical (unpaired) electrons. The third-order valence-electron chi connectivity index (χ3n) is 4.00. The van der Waals surface area contributed by atoms with E-state index >= 15 is 0 Å². The monoisotopic (exact) mass is 330 g/mol. The van der Waals surface area contributed by atoms with Gasteiger partial charge in [-0.05, 0) is 18.9 Å². The molecule has 24 heavy (non-hydrogen) atoms. The number of aromatic nitrogens is 1. The van der Waals surface area contributed by atoms with Gasteiger partial charge >= 0.3 is 0 Å². The molecule has 0 aliphatic heterocycles. The van der Waals surface area contributed by atoms with Crippen LogP contribution in [0.5, 0.6) is 0 Å². The molecule has 1 unspecified atom stereocenters. The number of benzene rings is 1. The van der Waals surface area contributed by atoms with E-state index in [-0.39, 0.29) is 24.0 Å². The number of hydrogen-bond donors (Lipinski definition) is 1. The first kappa shape index (κ1) is 18.2. The maximum atomic E-state index is 12.9. The van der Waals surface area contributed by atoms with Gasteiger partial charge in [0.25, 0.3) is 5.91 Å². The molecule has 1 atom stereocenters. The number of aliphatic hydroxyl groups excluding tert-OH is 1. The summed E-state index contributed by atoms with van der Waals surface area (Å²) in [6.45, 7) is 8.47. The maximum absolute atomic E-state index is 12.9. The average molecular weight is 330 g/mol. The van der Waals surface area contributed by atoms with Crippen LogP contribution in [0.25, 0.3) is 0 Å². The Hall–Kier alpha value is -2.14. The fourth-order valence-corrected chi connectivity index (χ4v) is 2.43. The van der Waals surface area contributed by atoms with Crippen LogP contribution >= 0.6 is 0 Å². The summed E-state index contributed by atoms with van der Waals surface area (Å²) in [5, 5.41) is 13.2. The molecule has 1 N–H and O–H groups in total. The summed E-state index contributed by atoms with van der Waals surface area (Å²) in [5.41, 5.74) is 1.14.